The van der Waals surface area contributed by atoms with Gasteiger partial charge in [-0.05, 0) is 24.0 Å². The molecule has 1 heterocycles. The summed E-state index contributed by atoms with van der Waals surface area (Å²) in [6, 6.07) is 15.3. The molecule has 1 N–H and O–H groups in total. The number of ether oxygens (including phenoxy) is 1. The van der Waals surface area contributed by atoms with Crippen molar-refractivity contribution in [3.8, 4) is 0 Å². The molecule has 5 nitrogen and oxygen atoms in total. The third kappa shape index (κ3) is 5.27. The summed E-state index contributed by atoms with van der Waals surface area (Å²) in [4.78, 5) is 26.1. The van der Waals surface area contributed by atoms with Gasteiger partial charge in [0, 0.05) is 18.7 Å². The lowest BCUT2D eigenvalue weighted by molar-refractivity contribution is -0.121. The summed E-state index contributed by atoms with van der Waals surface area (Å²) in [6.45, 7) is 0.888. The average molecular weight is 437 g/mol. The number of nitrogens with one attached hydrogen (secondary N) is 1. The van der Waals surface area contributed by atoms with Gasteiger partial charge in [0.15, 0.2) is 0 Å². The summed E-state index contributed by atoms with van der Waals surface area (Å²) >= 11 is 5.67. The number of hydrogen-bond donors (Lipinski definition) is 1. The molecule has 0 radical (unpaired) electrons. The number of carbonyl (C=O) groups excluding carboxylic acids is 2. The molecule has 1 saturated heterocycles. The van der Waals surface area contributed by atoms with Gasteiger partial charge >= 0.3 is 6.09 Å². The molecule has 0 unspecified atom stereocenters. The summed E-state index contributed by atoms with van der Waals surface area (Å²) in [7, 11) is 0. The molecule has 1 fully saturated rings. The van der Waals surface area contributed by atoms with Crippen molar-refractivity contribution in [2.75, 3.05) is 19.0 Å². The highest BCUT2D eigenvalue weighted by Crippen LogP contribution is 2.34. The molecule has 1 aliphatic rings. The van der Waals surface area contributed by atoms with Gasteiger partial charge in [-0.2, -0.15) is 0 Å². The van der Waals surface area contributed by atoms with Crippen LogP contribution in [-0.2, 0) is 21.7 Å². The number of nitrogens with zero attached hydrogens (tertiary/aromatic N) is 1. The topological polar surface area (TPSA) is 58.6 Å². The van der Waals surface area contributed by atoms with Crippen molar-refractivity contribution in [1.82, 2.24) is 10.2 Å². The number of halogens is 3. The van der Waals surface area contributed by atoms with Crippen molar-refractivity contribution >= 4 is 23.6 Å². The van der Waals surface area contributed by atoms with E-state index in [4.69, 9.17) is 16.3 Å². The number of likely N-dealkylation sites (tertiary alicyclic amines) is 1. The number of rotatable bonds is 6. The fourth-order valence-corrected chi connectivity index (χ4v) is 3.68. The van der Waals surface area contributed by atoms with E-state index in [-0.39, 0.29) is 24.0 Å². The number of amides is 2. The Morgan fingerprint density at radius 2 is 1.70 bits per heavy atom. The highest BCUT2D eigenvalue weighted by molar-refractivity contribution is 6.27. The summed E-state index contributed by atoms with van der Waals surface area (Å²) in [5.74, 6) is -0.561. The fraction of sp³-hybridized carbons (Fsp3) is 0.364. The Kier molecular flexibility index (Phi) is 7.26. The third-order valence-electron chi connectivity index (χ3n) is 5.30. The number of benzene rings is 2. The normalized spacial score (nSPS) is 15.7. The van der Waals surface area contributed by atoms with Crippen LogP contribution in [0, 0.1) is 0 Å². The Balaban J connectivity index is 1.68. The van der Waals surface area contributed by atoms with Crippen LogP contribution in [0.2, 0.25) is 0 Å². The van der Waals surface area contributed by atoms with Gasteiger partial charge in [0.2, 0.25) is 5.91 Å². The van der Waals surface area contributed by atoms with Crippen molar-refractivity contribution in [2.24, 2.45) is 0 Å². The minimum atomic E-state index is -2.56. The van der Waals surface area contributed by atoms with Crippen molar-refractivity contribution in [3.63, 3.8) is 0 Å². The van der Waals surface area contributed by atoms with Crippen molar-refractivity contribution in [1.29, 1.82) is 0 Å². The fourth-order valence-electron chi connectivity index (χ4n) is 3.62. The van der Waals surface area contributed by atoms with Crippen LogP contribution in [0.5, 0.6) is 0 Å². The van der Waals surface area contributed by atoms with Gasteiger partial charge in [-0.15, -0.1) is 11.6 Å². The van der Waals surface area contributed by atoms with Gasteiger partial charge in [0.1, 0.15) is 12.5 Å². The second-order valence-electron chi connectivity index (χ2n) is 7.21. The number of hydrogen-bond acceptors (Lipinski definition) is 3. The van der Waals surface area contributed by atoms with Gasteiger partial charge in [-0.25, -0.2) is 13.6 Å². The standard InChI is InChI=1S/C22H23ClF2N2O3/c23-14-19(28)26-22(18-8-6-17(7-9-18)20(24)25)10-12-27(13-11-22)21(29)30-15-16-4-2-1-3-5-16/h1-9,20H,10-15H2,(H,26,28). The Hall–Kier alpha value is -2.67. The molecule has 1 aliphatic heterocycles. The quantitative estimate of drug-likeness (QED) is 0.673. The molecular formula is C22H23ClF2N2O3. The van der Waals surface area contributed by atoms with Gasteiger partial charge in [-0.3, -0.25) is 4.79 Å². The van der Waals surface area contributed by atoms with Crippen LogP contribution in [0.15, 0.2) is 54.6 Å². The SMILES string of the molecule is O=C(CCl)NC1(c2ccc(C(F)F)cc2)CCN(C(=O)OCc2ccccc2)CC1. The lowest BCUT2D eigenvalue weighted by Crippen LogP contribution is -2.54. The maximum absolute atomic E-state index is 12.9. The summed E-state index contributed by atoms with van der Waals surface area (Å²) in [5.41, 5.74) is 0.746. The Bertz CT molecular complexity index is 854. The predicted octanol–water partition coefficient (Wildman–Crippen LogP) is 4.61. The largest absolute Gasteiger partial charge is 0.445 e. The zero-order valence-electron chi connectivity index (χ0n) is 16.3. The monoisotopic (exact) mass is 436 g/mol. The summed E-state index contributed by atoms with van der Waals surface area (Å²) < 4.78 is 31.2. The van der Waals surface area contributed by atoms with Crippen LogP contribution in [0.4, 0.5) is 13.6 Å². The van der Waals surface area contributed by atoms with Crippen LogP contribution in [0.3, 0.4) is 0 Å². The van der Waals surface area contributed by atoms with Gasteiger partial charge in [0.05, 0.1) is 5.54 Å². The van der Waals surface area contributed by atoms with E-state index in [1.807, 2.05) is 30.3 Å². The molecule has 30 heavy (non-hydrogen) atoms. The molecule has 0 aliphatic carbocycles. The molecule has 0 atom stereocenters. The van der Waals surface area contributed by atoms with Crippen LogP contribution in [0.25, 0.3) is 0 Å². The first-order chi connectivity index (χ1) is 14.4. The van der Waals surface area contributed by atoms with Crippen LogP contribution in [0.1, 0.15) is 36.0 Å². The Morgan fingerprint density at radius 1 is 1.07 bits per heavy atom. The first-order valence-corrected chi connectivity index (χ1v) is 10.2. The second kappa shape index (κ2) is 9.89. The van der Waals surface area contributed by atoms with Crippen molar-refractivity contribution < 1.29 is 23.1 Å². The Morgan fingerprint density at radius 3 is 2.27 bits per heavy atom. The van der Waals surface area contributed by atoms with E-state index in [0.717, 1.165) is 5.56 Å². The van der Waals surface area contributed by atoms with Crippen LogP contribution < -0.4 is 5.32 Å². The first kappa shape index (κ1) is 22.0. The van der Waals surface area contributed by atoms with E-state index < -0.39 is 18.1 Å². The number of piperidine rings is 1. The van der Waals surface area contributed by atoms with E-state index in [1.54, 1.807) is 17.0 Å². The zero-order valence-corrected chi connectivity index (χ0v) is 17.1. The van der Waals surface area contributed by atoms with Crippen molar-refractivity contribution in [3.05, 3.63) is 71.3 Å². The Labute approximate surface area is 179 Å². The first-order valence-electron chi connectivity index (χ1n) is 9.65. The molecule has 3 rings (SSSR count). The summed E-state index contributed by atoms with van der Waals surface area (Å²) in [6.07, 6.45) is -2.15. The zero-order chi connectivity index (χ0) is 21.6. The van der Waals surface area contributed by atoms with E-state index in [0.29, 0.717) is 31.5 Å². The van der Waals surface area contributed by atoms with Gasteiger partial charge in [0.25, 0.3) is 6.43 Å². The maximum Gasteiger partial charge on any atom is 0.410 e. The molecule has 2 aromatic rings. The molecule has 0 bridgehead atoms. The van der Waals surface area contributed by atoms with Gasteiger partial charge in [-0.1, -0.05) is 54.6 Å². The van der Waals surface area contributed by atoms with Crippen LogP contribution >= 0.6 is 11.6 Å². The molecule has 8 heteroatoms. The number of carbonyl (C=O) groups is 2. The average Bonchev–Trinajstić information content (AvgIpc) is 2.78. The lowest BCUT2D eigenvalue weighted by Gasteiger charge is -2.42. The van der Waals surface area contributed by atoms with E-state index in [1.165, 1.54) is 12.1 Å². The van der Waals surface area contributed by atoms with Crippen LogP contribution in [-0.4, -0.2) is 35.9 Å². The molecule has 0 saturated carbocycles. The molecule has 0 spiro atoms. The second-order valence-corrected chi connectivity index (χ2v) is 7.48. The molecule has 2 aromatic carbocycles. The predicted molar refractivity (Wildman–Crippen MR) is 109 cm³/mol. The lowest BCUT2D eigenvalue weighted by atomic mass is 9.80. The molecule has 160 valence electrons. The van der Waals surface area contributed by atoms with E-state index in [2.05, 4.69) is 5.32 Å². The van der Waals surface area contributed by atoms with E-state index >= 15 is 0 Å². The highest BCUT2D eigenvalue weighted by atomic mass is 35.5. The summed E-state index contributed by atoms with van der Waals surface area (Å²) in [5, 5.41) is 2.93. The maximum atomic E-state index is 12.9. The van der Waals surface area contributed by atoms with E-state index in [9.17, 15) is 18.4 Å². The minimum absolute atomic E-state index is 0.0838. The molecular weight excluding hydrogens is 414 g/mol. The highest BCUT2D eigenvalue weighted by Gasteiger charge is 2.39. The third-order valence-corrected chi connectivity index (χ3v) is 5.54. The van der Waals surface area contributed by atoms with Gasteiger partial charge < -0.3 is 15.0 Å². The number of alkyl halides is 3. The molecule has 0 aromatic heterocycles. The molecule has 2 amide bonds. The van der Waals surface area contributed by atoms with Crippen molar-refractivity contribution in [2.45, 2.75) is 31.4 Å². The minimum Gasteiger partial charge on any atom is -0.445 e. The smallest absolute Gasteiger partial charge is 0.410 e.